The van der Waals surface area contributed by atoms with Gasteiger partial charge < -0.3 is 5.73 Å². The Balaban J connectivity index is 2.81. The molecule has 0 radical (unpaired) electrons. The summed E-state index contributed by atoms with van der Waals surface area (Å²) in [4.78, 5) is 3.75. The van der Waals surface area contributed by atoms with E-state index in [1.165, 1.54) is 6.20 Å². The number of pyridine rings is 1. The summed E-state index contributed by atoms with van der Waals surface area (Å²) in [5.74, 6) is 0.0825. The average molecular weight is 224 g/mol. The molecule has 90 valence electrons. The van der Waals surface area contributed by atoms with Crippen LogP contribution >= 0.6 is 0 Å². The summed E-state index contributed by atoms with van der Waals surface area (Å²) in [7, 11) is 0. The Morgan fingerprint density at radius 3 is 2.44 bits per heavy atom. The Kier molecular flexibility index (Phi) is 5.39. The fraction of sp³-hybridized carbons (Fsp3) is 0.615. The molecule has 16 heavy (non-hydrogen) atoms. The van der Waals surface area contributed by atoms with Gasteiger partial charge in [-0.3, -0.25) is 4.98 Å². The second-order valence-electron chi connectivity index (χ2n) is 4.26. The maximum Gasteiger partial charge on any atom is 0.146 e. The average Bonchev–Trinajstić information content (AvgIpc) is 2.28. The molecule has 0 bridgehead atoms. The van der Waals surface area contributed by atoms with E-state index in [-0.39, 0.29) is 11.9 Å². The van der Waals surface area contributed by atoms with Gasteiger partial charge in [0, 0.05) is 17.8 Å². The largest absolute Gasteiger partial charge is 0.324 e. The van der Waals surface area contributed by atoms with Crippen molar-refractivity contribution in [1.29, 1.82) is 0 Å². The summed E-state index contributed by atoms with van der Waals surface area (Å²) in [6.45, 7) is 4.27. The quantitative estimate of drug-likeness (QED) is 0.804. The second kappa shape index (κ2) is 6.59. The standard InChI is InChI=1S/C13H21FN2/c1-3-5-10(6-4-2)13(15)11-7-8-16-9-12(11)14/h7-10,13H,3-6,15H2,1-2H3. The molecule has 0 aliphatic rings. The van der Waals surface area contributed by atoms with Crippen LogP contribution in [0, 0.1) is 11.7 Å². The van der Waals surface area contributed by atoms with Gasteiger partial charge in [-0.05, 0) is 24.8 Å². The molecule has 2 N–H and O–H groups in total. The number of nitrogens with two attached hydrogens (primary N) is 1. The number of halogens is 1. The van der Waals surface area contributed by atoms with Gasteiger partial charge in [0.1, 0.15) is 5.82 Å². The van der Waals surface area contributed by atoms with Crippen LogP contribution in [0.3, 0.4) is 0 Å². The van der Waals surface area contributed by atoms with Crippen molar-refractivity contribution in [2.45, 2.75) is 45.6 Å². The third-order valence-electron chi connectivity index (χ3n) is 2.99. The maximum absolute atomic E-state index is 13.5. The summed E-state index contributed by atoms with van der Waals surface area (Å²) in [6.07, 6.45) is 7.13. The van der Waals surface area contributed by atoms with E-state index < -0.39 is 0 Å². The van der Waals surface area contributed by atoms with E-state index in [1.54, 1.807) is 12.3 Å². The fourth-order valence-corrected chi connectivity index (χ4v) is 2.16. The molecule has 1 heterocycles. The number of rotatable bonds is 6. The Morgan fingerprint density at radius 1 is 1.31 bits per heavy atom. The molecule has 1 aromatic heterocycles. The summed E-state index contributed by atoms with van der Waals surface area (Å²) in [5.41, 5.74) is 6.74. The number of nitrogens with zero attached hydrogens (tertiary/aromatic N) is 1. The Morgan fingerprint density at radius 2 is 1.94 bits per heavy atom. The lowest BCUT2D eigenvalue weighted by Gasteiger charge is -2.23. The van der Waals surface area contributed by atoms with Crippen LogP contribution in [0.15, 0.2) is 18.5 Å². The van der Waals surface area contributed by atoms with Gasteiger partial charge in [0.05, 0.1) is 6.20 Å². The van der Waals surface area contributed by atoms with Crippen LogP contribution < -0.4 is 5.73 Å². The molecule has 0 aromatic carbocycles. The Hall–Kier alpha value is -0.960. The van der Waals surface area contributed by atoms with Crippen molar-refractivity contribution in [3.05, 3.63) is 29.8 Å². The van der Waals surface area contributed by atoms with Crippen LogP contribution in [0.4, 0.5) is 4.39 Å². The van der Waals surface area contributed by atoms with Gasteiger partial charge in [-0.15, -0.1) is 0 Å². The summed E-state index contributed by atoms with van der Waals surface area (Å²) in [5, 5.41) is 0. The van der Waals surface area contributed by atoms with Crippen LogP contribution in [0.25, 0.3) is 0 Å². The van der Waals surface area contributed by atoms with Gasteiger partial charge in [-0.2, -0.15) is 0 Å². The van der Waals surface area contributed by atoms with Gasteiger partial charge in [0.25, 0.3) is 0 Å². The lowest BCUT2D eigenvalue weighted by atomic mass is 9.87. The van der Waals surface area contributed by atoms with Crippen molar-refractivity contribution in [2.24, 2.45) is 11.7 Å². The van der Waals surface area contributed by atoms with Gasteiger partial charge in [0.2, 0.25) is 0 Å². The van der Waals surface area contributed by atoms with Crippen molar-refractivity contribution in [3.8, 4) is 0 Å². The zero-order chi connectivity index (χ0) is 12.0. The van der Waals surface area contributed by atoms with Gasteiger partial charge in [-0.25, -0.2) is 4.39 Å². The predicted octanol–water partition coefficient (Wildman–Crippen LogP) is 3.44. The lowest BCUT2D eigenvalue weighted by molar-refractivity contribution is 0.360. The molecule has 2 nitrogen and oxygen atoms in total. The first-order valence-corrected chi connectivity index (χ1v) is 6.05. The van der Waals surface area contributed by atoms with E-state index in [4.69, 9.17) is 5.73 Å². The highest BCUT2D eigenvalue weighted by molar-refractivity contribution is 5.17. The van der Waals surface area contributed by atoms with Crippen LogP contribution in [-0.2, 0) is 0 Å². The van der Waals surface area contributed by atoms with Crippen molar-refractivity contribution in [1.82, 2.24) is 4.98 Å². The zero-order valence-corrected chi connectivity index (χ0v) is 10.1. The predicted molar refractivity (Wildman–Crippen MR) is 64.4 cm³/mol. The molecule has 0 saturated heterocycles. The maximum atomic E-state index is 13.5. The lowest BCUT2D eigenvalue weighted by Crippen LogP contribution is -2.22. The topological polar surface area (TPSA) is 38.9 Å². The molecule has 1 aromatic rings. The fourth-order valence-electron chi connectivity index (χ4n) is 2.16. The van der Waals surface area contributed by atoms with Crippen molar-refractivity contribution in [3.63, 3.8) is 0 Å². The first kappa shape index (κ1) is 13.1. The minimum absolute atomic E-state index is 0.206. The van der Waals surface area contributed by atoms with Gasteiger partial charge in [-0.1, -0.05) is 26.7 Å². The Bertz CT molecular complexity index is 309. The van der Waals surface area contributed by atoms with Gasteiger partial charge in [0.15, 0.2) is 0 Å². The SMILES string of the molecule is CCCC(CCC)C(N)c1ccncc1F. The molecule has 0 amide bonds. The van der Waals surface area contributed by atoms with Crippen LogP contribution in [0.2, 0.25) is 0 Å². The third kappa shape index (κ3) is 3.27. The molecule has 0 saturated carbocycles. The highest BCUT2D eigenvalue weighted by Gasteiger charge is 2.20. The summed E-state index contributed by atoms with van der Waals surface area (Å²) >= 11 is 0. The summed E-state index contributed by atoms with van der Waals surface area (Å²) in [6, 6.07) is 1.49. The normalized spacial score (nSPS) is 13.1. The highest BCUT2D eigenvalue weighted by Crippen LogP contribution is 2.28. The molecule has 1 unspecified atom stereocenters. The molecule has 0 aliphatic carbocycles. The van der Waals surface area contributed by atoms with Crippen molar-refractivity contribution >= 4 is 0 Å². The molecule has 1 rings (SSSR count). The van der Waals surface area contributed by atoms with E-state index in [2.05, 4.69) is 18.8 Å². The second-order valence-corrected chi connectivity index (χ2v) is 4.26. The first-order valence-electron chi connectivity index (χ1n) is 6.05. The molecular formula is C13H21FN2. The van der Waals surface area contributed by atoms with E-state index in [1.807, 2.05) is 0 Å². The van der Waals surface area contributed by atoms with E-state index in [0.717, 1.165) is 25.7 Å². The smallest absolute Gasteiger partial charge is 0.146 e. The number of hydrogen-bond acceptors (Lipinski definition) is 2. The molecule has 0 fully saturated rings. The molecule has 3 heteroatoms. The van der Waals surface area contributed by atoms with Gasteiger partial charge >= 0.3 is 0 Å². The first-order chi connectivity index (χ1) is 7.70. The van der Waals surface area contributed by atoms with Crippen LogP contribution in [-0.4, -0.2) is 4.98 Å². The van der Waals surface area contributed by atoms with E-state index >= 15 is 0 Å². The minimum Gasteiger partial charge on any atom is -0.324 e. The van der Waals surface area contributed by atoms with Crippen molar-refractivity contribution < 1.29 is 4.39 Å². The van der Waals surface area contributed by atoms with Crippen molar-refractivity contribution in [2.75, 3.05) is 0 Å². The minimum atomic E-state index is -0.285. The monoisotopic (exact) mass is 224 g/mol. The number of aromatic nitrogens is 1. The van der Waals surface area contributed by atoms with Crippen LogP contribution in [0.1, 0.15) is 51.1 Å². The Labute approximate surface area is 97.1 Å². The molecule has 1 atom stereocenters. The van der Waals surface area contributed by atoms with Crippen LogP contribution in [0.5, 0.6) is 0 Å². The van der Waals surface area contributed by atoms with E-state index in [0.29, 0.717) is 11.5 Å². The zero-order valence-electron chi connectivity index (χ0n) is 10.1. The molecule has 0 spiro atoms. The molecule has 0 aliphatic heterocycles. The highest BCUT2D eigenvalue weighted by atomic mass is 19.1. The summed E-state index contributed by atoms with van der Waals surface area (Å²) < 4.78 is 13.5. The number of hydrogen-bond donors (Lipinski definition) is 1. The third-order valence-corrected chi connectivity index (χ3v) is 2.99. The molecular weight excluding hydrogens is 203 g/mol. The van der Waals surface area contributed by atoms with E-state index in [9.17, 15) is 4.39 Å².